The summed E-state index contributed by atoms with van der Waals surface area (Å²) in [4.78, 5) is 12.9. The summed E-state index contributed by atoms with van der Waals surface area (Å²) < 4.78 is 38.5. The summed E-state index contributed by atoms with van der Waals surface area (Å²) in [6, 6.07) is 22.1. The maximum Gasteiger partial charge on any atom is 0.243 e. The van der Waals surface area contributed by atoms with Gasteiger partial charge in [-0.15, -0.1) is 0 Å². The smallest absolute Gasteiger partial charge is 0.243 e. The van der Waals surface area contributed by atoms with Gasteiger partial charge in [-0.2, -0.15) is 9.41 Å². The van der Waals surface area contributed by atoms with Crippen molar-refractivity contribution < 1.29 is 22.7 Å². The molecule has 0 bridgehead atoms. The molecule has 3 aromatic rings. The first kappa shape index (κ1) is 26.4. The van der Waals surface area contributed by atoms with Crippen molar-refractivity contribution in [2.24, 2.45) is 11.0 Å². The van der Waals surface area contributed by atoms with Gasteiger partial charge in [0.1, 0.15) is 6.61 Å². The Bertz CT molecular complexity index is 1330. The van der Waals surface area contributed by atoms with Gasteiger partial charge in [-0.25, -0.2) is 13.8 Å². The molecule has 0 aliphatic carbocycles. The number of carbonyl (C=O) groups is 1. The van der Waals surface area contributed by atoms with Crippen LogP contribution < -0.4 is 14.9 Å². The summed E-state index contributed by atoms with van der Waals surface area (Å²) in [6.45, 7) is 2.92. The molecule has 1 fully saturated rings. The fourth-order valence-electron chi connectivity index (χ4n) is 4.10. The normalized spacial score (nSPS) is 15.0. The molecule has 1 aliphatic heterocycles. The zero-order valence-electron chi connectivity index (χ0n) is 21.0. The number of hydrogen-bond acceptors (Lipinski definition) is 6. The lowest BCUT2D eigenvalue weighted by atomic mass is 9.98. The summed E-state index contributed by atoms with van der Waals surface area (Å²) >= 11 is 0. The number of nitrogens with zero attached hydrogens (tertiary/aromatic N) is 2. The van der Waals surface area contributed by atoms with E-state index in [2.05, 4.69) is 10.5 Å². The van der Waals surface area contributed by atoms with Gasteiger partial charge >= 0.3 is 0 Å². The van der Waals surface area contributed by atoms with Gasteiger partial charge in [-0.1, -0.05) is 48.0 Å². The lowest BCUT2D eigenvalue weighted by Crippen LogP contribution is -2.42. The number of rotatable bonds is 9. The van der Waals surface area contributed by atoms with E-state index in [0.717, 1.165) is 16.7 Å². The minimum atomic E-state index is -3.56. The van der Waals surface area contributed by atoms with E-state index in [1.165, 1.54) is 4.31 Å². The van der Waals surface area contributed by atoms with Crippen LogP contribution in [0.2, 0.25) is 0 Å². The van der Waals surface area contributed by atoms with Gasteiger partial charge in [-0.05, 0) is 61.2 Å². The Kier molecular flexibility index (Phi) is 8.58. The molecule has 1 amide bonds. The summed E-state index contributed by atoms with van der Waals surface area (Å²) in [5.74, 6) is 0.650. The molecule has 1 heterocycles. The standard InChI is InChI=1S/C28H31N3O5S/c1-21-8-11-25(12-9-21)37(33,34)31-16-14-24(15-17-31)28(32)30-29-19-23-10-13-26(27(18-23)35-2)36-20-22-6-4-3-5-7-22/h3-13,18-19,24H,14-17,20H2,1-2H3,(H,30,32)/b29-19-. The van der Waals surface area contributed by atoms with Crippen molar-refractivity contribution in [3.63, 3.8) is 0 Å². The predicted octanol–water partition coefficient (Wildman–Crippen LogP) is 4.13. The van der Waals surface area contributed by atoms with Crippen molar-refractivity contribution in [2.75, 3.05) is 20.2 Å². The molecule has 0 spiro atoms. The van der Waals surface area contributed by atoms with Gasteiger partial charge in [0.15, 0.2) is 11.5 Å². The van der Waals surface area contributed by atoms with Crippen LogP contribution in [0.5, 0.6) is 11.5 Å². The SMILES string of the molecule is COc1cc(/C=N\NC(=O)C2CCN(S(=O)(=O)c3ccc(C)cc3)CC2)ccc1OCc1ccccc1. The third kappa shape index (κ3) is 6.75. The van der Waals surface area contributed by atoms with Crippen LogP contribution in [-0.2, 0) is 21.4 Å². The Balaban J connectivity index is 1.28. The number of nitrogens with one attached hydrogen (secondary N) is 1. The lowest BCUT2D eigenvalue weighted by Gasteiger charge is -2.30. The largest absolute Gasteiger partial charge is 0.493 e. The maximum absolute atomic E-state index is 12.9. The maximum atomic E-state index is 12.9. The van der Waals surface area contributed by atoms with Crippen LogP contribution in [0.25, 0.3) is 0 Å². The van der Waals surface area contributed by atoms with Crippen LogP contribution in [-0.4, -0.2) is 45.0 Å². The van der Waals surface area contributed by atoms with Crippen LogP contribution in [0.15, 0.2) is 82.8 Å². The minimum Gasteiger partial charge on any atom is -0.493 e. The van der Waals surface area contributed by atoms with Crippen LogP contribution in [0.4, 0.5) is 0 Å². The summed E-state index contributed by atoms with van der Waals surface area (Å²) in [6.07, 6.45) is 2.42. The molecule has 0 radical (unpaired) electrons. The van der Waals surface area contributed by atoms with Crippen molar-refractivity contribution in [1.82, 2.24) is 9.73 Å². The number of sulfonamides is 1. The first-order chi connectivity index (χ1) is 17.9. The van der Waals surface area contributed by atoms with Gasteiger partial charge in [0, 0.05) is 19.0 Å². The highest BCUT2D eigenvalue weighted by molar-refractivity contribution is 7.89. The zero-order chi connectivity index (χ0) is 26.3. The molecule has 1 saturated heterocycles. The number of benzene rings is 3. The lowest BCUT2D eigenvalue weighted by molar-refractivity contribution is -0.126. The summed E-state index contributed by atoms with van der Waals surface area (Å²) in [5.41, 5.74) is 5.37. The highest BCUT2D eigenvalue weighted by Crippen LogP contribution is 2.28. The predicted molar refractivity (Wildman–Crippen MR) is 142 cm³/mol. The fourth-order valence-corrected chi connectivity index (χ4v) is 5.57. The topological polar surface area (TPSA) is 97.3 Å². The van der Waals surface area contributed by atoms with Crippen LogP contribution in [0, 0.1) is 12.8 Å². The van der Waals surface area contributed by atoms with E-state index in [4.69, 9.17) is 9.47 Å². The van der Waals surface area contributed by atoms with Crippen molar-refractivity contribution in [3.8, 4) is 11.5 Å². The molecule has 0 aromatic heterocycles. The van der Waals surface area contributed by atoms with E-state index in [0.29, 0.717) is 44.0 Å². The molecule has 194 valence electrons. The number of piperidine rings is 1. The molecule has 1 N–H and O–H groups in total. The van der Waals surface area contributed by atoms with Crippen molar-refractivity contribution >= 4 is 22.1 Å². The number of hydrazone groups is 1. The molecule has 0 saturated carbocycles. The molecule has 1 aliphatic rings. The number of ether oxygens (including phenoxy) is 2. The van der Waals surface area contributed by atoms with Gasteiger partial charge in [0.25, 0.3) is 0 Å². The second-order valence-corrected chi connectivity index (χ2v) is 10.8. The van der Waals surface area contributed by atoms with Gasteiger partial charge in [0.05, 0.1) is 18.2 Å². The van der Waals surface area contributed by atoms with E-state index in [-0.39, 0.29) is 16.7 Å². The average Bonchev–Trinajstić information content (AvgIpc) is 2.93. The first-order valence-electron chi connectivity index (χ1n) is 12.1. The van der Waals surface area contributed by atoms with E-state index in [1.54, 1.807) is 49.7 Å². The minimum absolute atomic E-state index is 0.224. The average molecular weight is 522 g/mol. The number of carbonyl (C=O) groups excluding carboxylic acids is 1. The number of aryl methyl sites for hydroxylation is 1. The molecule has 0 unspecified atom stereocenters. The summed E-state index contributed by atoms with van der Waals surface area (Å²) in [7, 11) is -1.99. The molecular weight excluding hydrogens is 490 g/mol. The third-order valence-corrected chi connectivity index (χ3v) is 8.21. The molecule has 4 rings (SSSR count). The Morgan fingerprint density at radius 3 is 2.41 bits per heavy atom. The van der Waals surface area contributed by atoms with Crippen molar-refractivity contribution in [3.05, 3.63) is 89.5 Å². The monoisotopic (exact) mass is 521 g/mol. The van der Waals surface area contributed by atoms with E-state index < -0.39 is 10.0 Å². The Labute approximate surface area is 218 Å². The van der Waals surface area contributed by atoms with Gasteiger partial charge in [0.2, 0.25) is 15.9 Å². The fraction of sp³-hybridized carbons (Fsp3) is 0.286. The molecule has 0 atom stereocenters. The quantitative estimate of drug-likeness (QED) is 0.337. The second-order valence-electron chi connectivity index (χ2n) is 8.91. The molecular formula is C28H31N3O5S. The first-order valence-corrected chi connectivity index (χ1v) is 13.6. The van der Waals surface area contributed by atoms with Crippen LogP contribution >= 0.6 is 0 Å². The van der Waals surface area contributed by atoms with E-state index in [9.17, 15) is 13.2 Å². The molecule has 3 aromatic carbocycles. The highest BCUT2D eigenvalue weighted by atomic mass is 32.2. The van der Waals surface area contributed by atoms with Crippen LogP contribution in [0.1, 0.15) is 29.5 Å². The van der Waals surface area contributed by atoms with E-state index >= 15 is 0 Å². The number of amides is 1. The van der Waals surface area contributed by atoms with Crippen molar-refractivity contribution in [2.45, 2.75) is 31.3 Å². The number of methoxy groups -OCH3 is 1. The molecule has 9 heteroatoms. The number of hydrogen-bond donors (Lipinski definition) is 1. The zero-order valence-corrected chi connectivity index (χ0v) is 21.8. The van der Waals surface area contributed by atoms with Crippen molar-refractivity contribution in [1.29, 1.82) is 0 Å². The molecule has 8 nitrogen and oxygen atoms in total. The van der Waals surface area contributed by atoms with Gasteiger partial charge < -0.3 is 9.47 Å². The van der Waals surface area contributed by atoms with Gasteiger partial charge in [-0.3, -0.25) is 4.79 Å². The highest BCUT2D eigenvalue weighted by Gasteiger charge is 2.32. The Morgan fingerprint density at radius 2 is 1.73 bits per heavy atom. The van der Waals surface area contributed by atoms with E-state index in [1.807, 2.05) is 43.3 Å². The molecule has 37 heavy (non-hydrogen) atoms. The Morgan fingerprint density at radius 1 is 1.03 bits per heavy atom. The third-order valence-electron chi connectivity index (χ3n) is 6.30. The second kappa shape index (κ2) is 12.0. The Hall–Kier alpha value is -3.69. The summed E-state index contributed by atoms with van der Waals surface area (Å²) in [5, 5.41) is 4.09. The van der Waals surface area contributed by atoms with Crippen LogP contribution in [0.3, 0.4) is 0 Å².